The number of anilines is 1. The second-order valence-corrected chi connectivity index (χ2v) is 5.32. The highest BCUT2D eigenvalue weighted by Gasteiger charge is 2.02. The van der Waals surface area contributed by atoms with Crippen molar-refractivity contribution in [2.75, 3.05) is 25.6 Å². The first-order valence-electron chi connectivity index (χ1n) is 6.15. The first-order valence-corrected chi connectivity index (χ1v) is 7.32. The van der Waals surface area contributed by atoms with E-state index in [2.05, 4.69) is 21.2 Å². The van der Waals surface area contributed by atoms with Crippen LogP contribution in [0.1, 0.15) is 0 Å². The van der Waals surface area contributed by atoms with E-state index in [-0.39, 0.29) is 0 Å². The van der Waals surface area contributed by atoms with Crippen molar-refractivity contribution in [3.8, 4) is 11.5 Å². The zero-order chi connectivity index (χ0) is 14.4. The monoisotopic (exact) mass is 355 g/mol. The lowest BCUT2D eigenvalue weighted by Crippen LogP contribution is -2.11. The number of nitrogens with one attached hydrogen (secondary N) is 1. The van der Waals surface area contributed by atoms with Gasteiger partial charge in [0.1, 0.15) is 6.61 Å². The van der Waals surface area contributed by atoms with Crippen molar-refractivity contribution in [1.82, 2.24) is 0 Å². The quantitative estimate of drug-likeness (QED) is 0.767. The maximum atomic E-state index is 6.03. The zero-order valence-electron chi connectivity index (χ0n) is 11.0. The highest BCUT2D eigenvalue weighted by atomic mass is 79.9. The van der Waals surface area contributed by atoms with E-state index >= 15 is 0 Å². The molecule has 2 rings (SSSR count). The molecule has 0 bridgehead atoms. The van der Waals surface area contributed by atoms with Crippen LogP contribution in [0, 0.1) is 0 Å². The van der Waals surface area contributed by atoms with Crippen molar-refractivity contribution >= 4 is 33.2 Å². The van der Waals surface area contributed by atoms with Crippen LogP contribution in [-0.4, -0.2) is 20.3 Å². The van der Waals surface area contributed by atoms with Gasteiger partial charge in [0, 0.05) is 16.7 Å². The summed E-state index contributed by atoms with van der Waals surface area (Å²) >= 11 is 9.39. The molecule has 0 aliphatic carbocycles. The molecular weight excluding hydrogens is 342 g/mol. The molecule has 1 N–H and O–H groups in total. The Hall–Kier alpha value is -1.39. The van der Waals surface area contributed by atoms with Crippen molar-refractivity contribution in [3.63, 3.8) is 0 Å². The van der Waals surface area contributed by atoms with Crippen molar-refractivity contribution in [2.24, 2.45) is 0 Å². The third kappa shape index (κ3) is 4.05. The standard InChI is InChI=1S/C15H15BrClNO2/c1-19-14-4-2-3-5-15(14)20-9-8-18-11-6-7-12(16)13(17)10-11/h2-7,10,18H,8-9H2,1H3. The molecule has 0 radical (unpaired) electrons. The van der Waals surface area contributed by atoms with E-state index in [1.165, 1.54) is 0 Å². The third-order valence-electron chi connectivity index (χ3n) is 2.68. The number of methoxy groups -OCH3 is 1. The van der Waals surface area contributed by atoms with Crippen LogP contribution in [0.5, 0.6) is 11.5 Å². The van der Waals surface area contributed by atoms with Gasteiger partial charge in [-0.05, 0) is 46.3 Å². The van der Waals surface area contributed by atoms with E-state index in [9.17, 15) is 0 Å². The molecule has 0 aromatic heterocycles. The van der Waals surface area contributed by atoms with E-state index in [4.69, 9.17) is 21.1 Å². The molecule has 20 heavy (non-hydrogen) atoms. The van der Waals surface area contributed by atoms with Crippen LogP contribution in [0.15, 0.2) is 46.9 Å². The molecule has 0 fully saturated rings. The number of halogens is 2. The zero-order valence-corrected chi connectivity index (χ0v) is 13.4. The van der Waals surface area contributed by atoms with Crippen molar-refractivity contribution in [3.05, 3.63) is 52.0 Å². The van der Waals surface area contributed by atoms with Crippen LogP contribution in [0.25, 0.3) is 0 Å². The lowest BCUT2D eigenvalue weighted by molar-refractivity contribution is 0.306. The molecule has 0 aliphatic heterocycles. The summed E-state index contributed by atoms with van der Waals surface area (Å²) in [4.78, 5) is 0. The molecule has 0 heterocycles. The molecule has 0 atom stereocenters. The molecule has 0 amide bonds. The summed E-state index contributed by atoms with van der Waals surface area (Å²) in [6.07, 6.45) is 0. The molecule has 0 unspecified atom stereocenters. The Bertz CT molecular complexity index is 578. The summed E-state index contributed by atoms with van der Waals surface area (Å²) < 4.78 is 11.8. The molecule has 3 nitrogen and oxygen atoms in total. The number of para-hydroxylation sites is 2. The van der Waals surface area contributed by atoms with Crippen LogP contribution in [0.4, 0.5) is 5.69 Å². The minimum absolute atomic E-state index is 0.536. The van der Waals surface area contributed by atoms with Crippen molar-refractivity contribution in [2.45, 2.75) is 0 Å². The fraction of sp³-hybridized carbons (Fsp3) is 0.200. The number of hydrogen-bond acceptors (Lipinski definition) is 3. The smallest absolute Gasteiger partial charge is 0.161 e. The maximum Gasteiger partial charge on any atom is 0.161 e. The second-order valence-electron chi connectivity index (χ2n) is 4.05. The number of ether oxygens (including phenoxy) is 2. The van der Waals surface area contributed by atoms with Crippen LogP contribution < -0.4 is 14.8 Å². The Kier molecular flexibility index (Phi) is 5.56. The van der Waals surface area contributed by atoms with Crippen molar-refractivity contribution < 1.29 is 9.47 Å². The summed E-state index contributed by atoms with van der Waals surface area (Å²) in [5, 5.41) is 3.93. The van der Waals surface area contributed by atoms with E-state index in [0.29, 0.717) is 18.2 Å². The number of hydrogen-bond donors (Lipinski definition) is 1. The second kappa shape index (κ2) is 7.41. The van der Waals surface area contributed by atoms with Crippen LogP contribution >= 0.6 is 27.5 Å². The third-order valence-corrected chi connectivity index (χ3v) is 3.91. The van der Waals surface area contributed by atoms with Crippen molar-refractivity contribution in [1.29, 1.82) is 0 Å². The largest absolute Gasteiger partial charge is 0.493 e. The van der Waals surface area contributed by atoms with E-state index < -0.39 is 0 Å². The predicted molar refractivity (Wildman–Crippen MR) is 86.1 cm³/mol. The van der Waals surface area contributed by atoms with Crippen LogP contribution in [0.2, 0.25) is 5.02 Å². The predicted octanol–water partition coefficient (Wildman–Crippen LogP) is 4.60. The van der Waals surface area contributed by atoms with Gasteiger partial charge in [-0.1, -0.05) is 23.7 Å². The van der Waals surface area contributed by atoms with E-state index in [1.54, 1.807) is 7.11 Å². The molecule has 106 valence electrons. The number of rotatable bonds is 6. The first-order chi connectivity index (χ1) is 9.70. The van der Waals surface area contributed by atoms with Gasteiger partial charge in [0.25, 0.3) is 0 Å². The van der Waals surface area contributed by atoms with Gasteiger partial charge in [-0.2, -0.15) is 0 Å². The Morgan fingerprint density at radius 3 is 2.60 bits per heavy atom. The molecule has 0 saturated heterocycles. The molecule has 2 aromatic carbocycles. The van der Waals surface area contributed by atoms with Gasteiger partial charge in [-0.15, -0.1) is 0 Å². The Labute approximate surface area is 132 Å². The van der Waals surface area contributed by atoms with Gasteiger partial charge in [0.2, 0.25) is 0 Å². The van der Waals surface area contributed by atoms with Gasteiger partial charge in [-0.25, -0.2) is 0 Å². The molecule has 0 spiro atoms. The van der Waals surface area contributed by atoms with Gasteiger partial charge in [-0.3, -0.25) is 0 Å². The maximum absolute atomic E-state index is 6.03. The molecule has 2 aromatic rings. The topological polar surface area (TPSA) is 30.5 Å². The van der Waals surface area contributed by atoms with E-state index in [1.807, 2.05) is 42.5 Å². The Morgan fingerprint density at radius 2 is 1.90 bits per heavy atom. The first kappa shape index (κ1) is 15.0. The molecule has 0 aliphatic rings. The van der Waals surface area contributed by atoms with E-state index in [0.717, 1.165) is 21.7 Å². The Morgan fingerprint density at radius 1 is 1.15 bits per heavy atom. The highest BCUT2D eigenvalue weighted by Crippen LogP contribution is 2.26. The lowest BCUT2D eigenvalue weighted by atomic mass is 10.3. The van der Waals surface area contributed by atoms with Gasteiger partial charge in [0.05, 0.1) is 12.1 Å². The van der Waals surface area contributed by atoms with Gasteiger partial charge >= 0.3 is 0 Å². The molecule has 5 heteroatoms. The van der Waals surface area contributed by atoms with Gasteiger partial charge in [0.15, 0.2) is 11.5 Å². The lowest BCUT2D eigenvalue weighted by Gasteiger charge is -2.11. The fourth-order valence-corrected chi connectivity index (χ4v) is 2.13. The molecule has 0 saturated carbocycles. The number of benzene rings is 2. The van der Waals surface area contributed by atoms with Crippen LogP contribution in [0.3, 0.4) is 0 Å². The summed E-state index contributed by atoms with van der Waals surface area (Å²) in [6, 6.07) is 13.3. The average Bonchev–Trinajstić information content (AvgIpc) is 2.47. The molecular formula is C15H15BrClNO2. The summed E-state index contributed by atoms with van der Waals surface area (Å²) in [7, 11) is 1.63. The summed E-state index contributed by atoms with van der Waals surface area (Å²) in [5.41, 5.74) is 0.960. The minimum atomic E-state index is 0.536. The van der Waals surface area contributed by atoms with Gasteiger partial charge < -0.3 is 14.8 Å². The normalized spacial score (nSPS) is 10.2. The minimum Gasteiger partial charge on any atom is -0.493 e. The average molecular weight is 357 g/mol. The summed E-state index contributed by atoms with van der Waals surface area (Å²) in [5.74, 6) is 1.48. The summed E-state index contributed by atoms with van der Waals surface area (Å²) in [6.45, 7) is 1.21. The SMILES string of the molecule is COc1ccccc1OCCNc1ccc(Br)c(Cl)c1. The fourth-order valence-electron chi connectivity index (χ4n) is 1.70. The van der Waals surface area contributed by atoms with Crippen LogP contribution in [-0.2, 0) is 0 Å². The Balaban J connectivity index is 1.83. The highest BCUT2D eigenvalue weighted by molar-refractivity contribution is 9.10.